The van der Waals surface area contributed by atoms with Gasteiger partial charge in [0.05, 0.1) is 0 Å². The number of halogens is 3. The van der Waals surface area contributed by atoms with Crippen LogP contribution in [-0.2, 0) is 9.53 Å². The number of furan rings is 1. The van der Waals surface area contributed by atoms with Crippen molar-refractivity contribution >= 4 is 17.9 Å². The largest absolute Gasteiger partial charge is 0.452 e. The number of nitrogens with zero attached hydrogens (tertiary/aromatic N) is 2. The Hall–Kier alpha value is -3.75. The fourth-order valence-electron chi connectivity index (χ4n) is 2.12. The molecule has 0 saturated carbocycles. The summed E-state index contributed by atoms with van der Waals surface area (Å²) in [4.78, 5) is 34.9. The summed E-state index contributed by atoms with van der Waals surface area (Å²) in [5.41, 5.74) is -0.331. The lowest BCUT2D eigenvalue weighted by molar-refractivity contribution is -0.125. The van der Waals surface area contributed by atoms with E-state index in [0.717, 1.165) is 0 Å². The maximum atomic E-state index is 12.2. The smallest absolute Gasteiger partial charge is 0.405 e. The number of imide groups is 1. The van der Waals surface area contributed by atoms with E-state index >= 15 is 0 Å². The molecule has 9 nitrogen and oxygen atoms in total. The zero-order valence-electron chi connectivity index (χ0n) is 14.3. The molecule has 0 unspecified atom stereocenters. The third-order valence-corrected chi connectivity index (χ3v) is 3.26. The molecule has 0 aliphatic carbocycles. The van der Waals surface area contributed by atoms with Crippen LogP contribution >= 0.6 is 0 Å². The molecule has 28 heavy (non-hydrogen) atoms. The number of aromatic nitrogens is 1. The van der Waals surface area contributed by atoms with Crippen molar-refractivity contribution in [3.8, 4) is 12.0 Å². The third-order valence-electron chi connectivity index (χ3n) is 3.26. The highest BCUT2D eigenvalue weighted by Gasteiger charge is 2.28. The second-order valence-corrected chi connectivity index (χ2v) is 5.34. The SMILES string of the molecule is Cc1oc(-n2cccc2)c(C#N)c1C(=O)OCC(=O)NC(=O)NCC(F)(F)F. The van der Waals surface area contributed by atoms with Crippen molar-refractivity contribution in [3.05, 3.63) is 41.4 Å². The standard InChI is InChI=1S/C16H13F3N4O5/c1-9-12(10(6-20)13(28-9)23-4-2-3-5-23)14(25)27-7-11(24)22-15(26)21-8-16(17,18)19/h2-5H,7-8H2,1H3,(H2,21,22,24,26). The van der Waals surface area contributed by atoms with E-state index in [9.17, 15) is 32.8 Å². The molecular weight excluding hydrogens is 385 g/mol. The maximum absolute atomic E-state index is 12.2. The summed E-state index contributed by atoms with van der Waals surface area (Å²) in [6, 6.07) is 3.76. The molecule has 0 radical (unpaired) electrons. The number of hydrogen-bond donors (Lipinski definition) is 2. The van der Waals surface area contributed by atoms with E-state index < -0.39 is 37.2 Å². The normalized spacial score (nSPS) is 10.8. The molecule has 0 fully saturated rings. The Morgan fingerprint density at radius 1 is 1.29 bits per heavy atom. The third kappa shape index (κ3) is 5.13. The van der Waals surface area contributed by atoms with Crippen LogP contribution in [0.5, 0.6) is 0 Å². The van der Waals surface area contributed by atoms with Crippen LogP contribution in [0.2, 0.25) is 0 Å². The van der Waals surface area contributed by atoms with Crippen molar-refractivity contribution in [3.63, 3.8) is 0 Å². The lowest BCUT2D eigenvalue weighted by atomic mass is 10.1. The molecule has 2 aromatic rings. The van der Waals surface area contributed by atoms with Crippen molar-refractivity contribution in [2.45, 2.75) is 13.1 Å². The molecule has 0 aromatic carbocycles. The maximum Gasteiger partial charge on any atom is 0.405 e. The van der Waals surface area contributed by atoms with Gasteiger partial charge in [-0.2, -0.15) is 18.4 Å². The van der Waals surface area contributed by atoms with Crippen LogP contribution in [0.3, 0.4) is 0 Å². The first-order valence-corrected chi connectivity index (χ1v) is 7.60. The van der Waals surface area contributed by atoms with Crippen LogP contribution in [0.1, 0.15) is 21.7 Å². The first-order chi connectivity index (χ1) is 13.1. The number of carbonyl (C=O) groups excluding carboxylic acids is 3. The number of urea groups is 1. The van der Waals surface area contributed by atoms with Crippen molar-refractivity contribution < 1.29 is 36.7 Å². The minimum Gasteiger partial charge on any atom is -0.452 e. The highest BCUT2D eigenvalue weighted by Crippen LogP contribution is 2.26. The number of nitrogens with one attached hydrogen (secondary N) is 2. The number of hydrogen-bond acceptors (Lipinski definition) is 6. The summed E-state index contributed by atoms with van der Waals surface area (Å²) in [5, 5.41) is 12.3. The number of carbonyl (C=O) groups is 3. The van der Waals surface area contributed by atoms with E-state index in [4.69, 9.17) is 9.15 Å². The fourth-order valence-corrected chi connectivity index (χ4v) is 2.12. The van der Waals surface area contributed by atoms with Gasteiger partial charge in [-0.05, 0) is 19.1 Å². The summed E-state index contributed by atoms with van der Waals surface area (Å²) >= 11 is 0. The Balaban J connectivity index is 1.99. The lowest BCUT2D eigenvalue weighted by Gasteiger charge is -2.09. The van der Waals surface area contributed by atoms with E-state index in [2.05, 4.69) is 0 Å². The number of nitriles is 1. The average molecular weight is 398 g/mol. The molecule has 2 rings (SSSR count). The molecule has 12 heteroatoms. The van der Waals surface area contributed by atoms with Crippen LogP contribution < -0.4 is 10.6 Å². The van der Waals surface area contributed by atoms with E-state index in [1.807, 2.05) is 6.07 Å². The van der Waals surface area contributed by atoms with Crippen molar-refractivity contribution in [1.82, 2.24) is 15.2 Å². The lowest BCUT2D eigenvalue weighted by Crippen LogP contribution is -2.44. The van der Waals surface area contributed by atoms with Crippen molar-refractivity contribution in [1.29, 1.82) is 5.26 Å². The van der Waals surface area contributed by atoms with E-state index in [0.29, 0.717) is 0 Å². The van der Waals surface area contributed by atoms with E-state index in [-0.39, 0.29) is 22.8 Å². The Bertz CT molecular complexity index is 925. The van der Waals surface area contributed by atoms with Gasteiger partial charge in [-0.3, -0.25) is 14.7 Å². The number of alkyl halides is 3. The van der Waals surface area contributed by atoms with Gasteiger partial charge in [0.25, 0.3) is 5.91 Å². The van der Waals surface area contributed by atoms with Gasteiger partial charge in [0.1, 0.15) is 29.5 Å². The molecule has 0 atom stereocenters. The first-order valence-electron chi connectivity index (χ1n) is 7.60. The number of amides is 3. The first kappa shape index (κ1) is 20.6. The van der Waals surface area contributed by atoms with Gasteiger partial charge < -0.3 is 14.5 Å². The van der Waals surface area contributed by atoms with Crippen LogP contribution in [-0.4, -0.2) is 41.8 Å². The molecule has 0 spiro atoms. The predicted octanol–water partition coefficient (Wildman–Crippen LogP) is 1.80. The quantitative estimate of drug-likeness (QED) is 0.740. The second kappa shape index (κ2) is 8.30. The minimum atomic E-state index is -4.64. The summed E-state index contributed by atoms with van der Waals surface area (Å²) < 4.78 is 47.5. The highest BCUT2D eigenvalue weighted by molar-refractivity contribution is 5.98. The van der Waals surface area contributed by atoms with Crippen molar-refractivity contribution in [2.24, 2.45) is 0 Å². The molecule has 0 saturated heterocycles. The fraction of sp³-hybridized carbons (Fsp3) is 0.250. The number of rotatable bonds is 5. The van der Waals surface area contributed by atoms with Gasteiger partial charge in [-0.1, -0.05) is 0 Å². The molecule has 2 N–H and O–H groups in total. The van der Waals surface area contributed by atoms with Crippen LogP contribution in [0.25, 0.3) is 5.88 Å². The summed E-state index contributed by atoms with van der Waals surface area (Å²) in [6.45, 7) is -1.17. The summed E-state index contributed by atoms with van der Waals surface area (Å²) in [5.74, 6) is -2.08. The number of aryl methyl sites for hydroxylation is 1. The predicted molar refractivity (Wildman–Crippen MR) is 85.4 cm³/mol. The molecule has 0 bridgehead atoms. The van der Waals surface area contributed by atoms with Gasteiger partial charge in [-0.25, -0.2) is 9.59 Å². The molecule has 3 amide bonds. The Morgan fingerprint density at radius 2 is 1.93 bits per heavy atom. The minimum absolute atomic E-state index is 0.0635. The monoisotopic (exact) mass is 398 g/mol. The van der Waals surface area contributed by atoms with E-state index in [1.165, 1.54) is 16.8 Å². The number of ether oxygens (including phenoxy) is 1. The number of esters is 1. The second-order valence-electron chi connectivity index (χ2n) is 5.34. The Labute approximate surface area is 155 Å². The molecule has 0 aliphatic rings. The summed E-state index contributed by atoms with van der Waals surface area (Å²) in [6.07, 6.45) is -1.47. The Morgan fingerprint density at radius 3 is 2.50 bits per heavy atom. The van der Waals surface area contributed by atoms with Crippen LogP contribution in [0, 0.1) is 18.3 Å². The zero-order chi connectivity index (χ0) is 20.9. The molecule has 2 aromatic heterocycles. The van der Waals surface area contributed by atoms with Gasteiger partial charge in [0.2, 0.25) is 5.88 Å². The highest BCUT2D eigenvalue weighted by atomic mass is 19.4. The average Bonchev–Trinajstić information content (AvgIpc) is 3.24. The van der Waals surface area contributed by atoms with Crippen LogP contribution in [0.4, 0.5) is 18.0 Å². The van der Waals surface area contributed by atoms with Gasteiger partial charge >= 0.3 is 18.2 Å². The van der Waals surface area contributed by atoms with Crippen LogP contribution in [0.15, 0.2) is 28.9 Å². The molecule has 0 aliphatic heterocycles. The summed E-state index contributed by atoms with van der Waals surface area (Å²) in [7, 11) is 0. The van der Waals surface area contributed by atoms with Crippen molar-refractivity contribution in [2.75, 3.05) is 13.2 Å². The Kier molecular flexibility index (Phi) is 6.09. The zero-order valence-corrected chi connectivity index (χ0v) is 14.3. The van der Waals surface area contributed by atoms with Gasteiger partial charge in [0.15, 0.2) is 6.61 Å². The van der Waals surface area contributed by atoms with Gasteiger partial charge in [-0.15, -0.1) is 0 Å². The molecule has 2 heterocycles. The van der Waals surface area contributed by atoms with E-state index in [1.54, 1.807) is 29.8 Å². The topological polar surface area (TPSA) is 126 Å². The van der Waals surface area contributed by atoms with Gasteiger partial charge in [0, 0.05) is 12.4 Å². The molecule has 148 valence electrons. The molecular formula is C16H13F3N4O5.